The van der Waals surface area contributed by atoms with Crippen LogP contribution in [-0.2, 0) is 19.1 Å². The van der Waals surface area contributed by atoms with Gasteiger partial charge in [-0.2, -0.15) is 0 Å². The van der Waals surface area contributed by atoms with E-state index in [-0.39, 0.29) is 17.5 Å². The molecule has 27 heavy (non-hydrogen) atoms. The Morgan fingerprint density at radius 1 is 1.04 bits per heavy atom. The first-order chi connectivity index (χ1) is 12.8. The first-order valence-corrected chi connectivity index (χ1v) is 9.18. The second-order valence-electron chi connectivity index (χ2n) is 7.27. The van der Waals surface area contributed by atoms with Gasteiger partial charge in [-0.1, -0.05) is 19.3 Å². The Balaban J connectivity index is 1.59. The fourth-order valence-electron chi connectivity index (χ4n) is 3.17. The number of carbonyl (C=O) groups excluding carboxylic acids is 3. The SMILES string of the molecule is CC1(C)OC(=O)C(=CNc2ccc(C(=O)NC3CCCCC3)cc2)C(=O)O1. The minimum absolute atomic E-state index is 0.0894. The molecule has 2 aliphatic rings. The molecule has 0 unspecified atom stereocenters. The largest absolute Gasteiger partial charge is 0.419 e. The van der Waals surface area contributed by atoms with E-state index in [1.165, 1.54) is 26.5 Å². The van der Waals surface area contributed by atoms with Crippen LogP contribution in [0, 0.1) is 0 Å². The first kappa shape index (κ1) is 18.9. The van der Waals surface area contributed by atoms with Gasteiger partial charge in [-0.15, -0.1) is 0 Å². The monoisotopic (exact) mass is 372 g/mol. The number of hydrogen-bond donors (Lipinski definition) is 2. The smallest absolute Gasteiger partial charge is 0.350 e. The molecule has 1 heterocycles. The van der Waals surface area contributed by atoms with Crippen molar-refractivity contribution in [2.75, 3.05) is 5.32 Å². The zero-order valence-corrected chi connectivity index (χ0v) is 15.5. The third kappa shape index (κ3) is 4.87. The molecular weight excluding hydrogens is 348 g/mol. The van der Waals surface area contributed by atoms with Gasteiger partial charge in [0.25, 0.3) is 11.7 Å². The van der Waals surface area contributed by atoms with Crippen LogP contribution in [0.3, 0.4) is 0 Å². The van der Waals surface area contributed by atoms with Crippen molar-refractivity contribution >= 4 is 23.5 Å². The van der Waals surface area contributed by atoms with E-state index >= 15 is 0 Å². The number of esters is 2. The number of rotatable bonds is 4. The van der Waals surface area contributed by atoms with Crippen molar-refractivity contribution in [2.24, 2.45) is 0 Å². The average molecular weight is 372 g/mol. The number of benzene rings is 1. The van der Waals surface area contributed by atoms with Crippen LogP contribution in [0.5, 0.6) is 0 Å². The van der Waals surface area contributed by atoms with Crippen molar-refractivity contribution in [3.63, 3.8) is 0 Å². The molecule has 1 saturated carbocycles. The number of cyclic esters (lactones) is 2. The molecule has 2 N–H and O–H groups in total. The van der Waals surface area contributed by atoms with E-state index in [1.807, 2.05) is 0 Å². The van der Waals surface area contributed by atoms with E-state index < -0.39 is 17.7 Å². The van der Waals surface area contributed by atoms with E-state index in [9.17, 15) is 14.4 Å². The number of nitrogens with one attached hydrogen (secondary N) is 2. The zero-order chi connectivity index (χ0) is 19.4. The van der Waals surface area contributed by atoms with Gasteiger partial charge < -0.3 is 20.1 Å². The highest BCUT2D eigenvalue weighted by atomic mass is 16.7. The summed E-state index contributed by atoms with van der Waals surface area (Å²) in [6.07, 6.45) is 6.86. The van der Waals surface area contributed by atoms with Crippen LogP contribution in [0.25, 0.3) is 0 Å². The summed E-state index contributed by atoms with van der Waals surface area (Å²) in [4.78, 5) is 36.1. The molecule has 1 saturated heterocycles. The summed E-state index contributed by atoms with van der Waals surface area (Å²) in [5.41, 5.74) is 0.979. The molecule has 1 aromatic carbocycles. The predicted octanol–water partition coefficient (Wildman–Crippen LogP) is 2.88. The summed E-state index contributed by atoms with van der Waals surface area (Å²) in [6, 6.07) is 7.05. The summed E-state index contributed by atoms with van der Waals surface area (Å²) >= 11 is 0. The summed E-state index contributed by atoms with van der Waals surface area (Å²) in [7, 11) is 0. The lowest BCUT2D eigenvalue weighted by Gasteiger charge is -2.29. The third-order valence-electron chi connectivity index (χ3n) is 4.59. The van der Waals surface area contributed by atoms with Crippen molar-refractivity contribution < 1.29 is 23.9 Å². The summed E-state index contributed by atoms with van der Waals surface area (Å²) in [5.74, 6) is -2.84. The average Bonchev–Trinajstić information content (AvgIpc) is 2.61. The minimum atomic E-state index is -1.27. The molecule has 3 rings (SSSR count). The van der Waals surface area contributed by atoms with Crippen LogP contribution < -0.4 is 10.6 Å². The fraction of sp³-hybridized carbons (Fsp3) is 0.450. The van der Waals surface area contributed by atoms with Crippen molar-refractivity contribution in [3.8, 4) is 0 Å². The molecule has 7 nitrogen and oxygen atoms in total. The summed E-state index contributed by atoms with van der Waals surface area (Å²) in [5, 5.41) is 5.92. The van der Waals surface area contributed by atoms with E-state index in [0.717, 1.165) is 25.7 Å². The van der Waals surface area contributed by atoms with E-state index in [1.54, 1.807) is 24.3 Å². The van der Waals surface area contributed by atoms with E-state index in [4.69, 9.17) is 9.47 Å². The predicted molar refractivity (Wildman–Crippen MR) is 98.7 cm³/mol. The van der Waals surface area contributed by atoms with Gasteiger partial charge in [0.15, 0.2) is 5.57 Å². The summed E-state index contributed by atoms with van der Waals surface area (Å²) in [6.45, 7) is 2.98. The Labute approximate surface area is 158 Å². The van der Waals surface area contributed by atoms with Crippen LogP contribution in [0.15, 0.2) is 36.0 Å². The highest BCUT2D eigenvalue weighted by Gasteiger charge is 2.38. The topological polar surface area (TPSA) is 93.7 Å². The number of hydrogen-bond acceptors (Lipinski definition) is 6. The van der Waals surface area contributed by atoms with Crippen LogP contribution in [0.1, 0.15) is 56.3 Å². The lowest BCUT2D eigenvalue weighted by Crippen LogP contribution is -2.42. The van der Waals surface area contributed by atoms with E-state index in [0.29, 0.717) is 11.3 Å². The number of anilines is 1. The Morgan fingerprint density at radius 3 is 2.22 bits per heavy atom. The van der Waals surface area contributed by atoms with Gasteiger partial charge in [0.05, 0.1) is 0 Å². The van der Waals surface area contributed by atoms with Crippen LogP contribution in [-0.4, -0.2) is 29.7 Å². The van der Waals surface area contributed by atoms with Crippen molar-refractivity contribution in [2.45, 2.75) is 57.8 Å². The third-order valence-corrected chi connectivity index (χ3v) is 4.59. The normalized spacial score (nSPS) is 19.7. The van der Waals surface area contributed by atoms with Gasteiger partial charge in [0, 0.05) is 37.3 Å². The fourth-order valence-corrected chi connectivity index (χ4v) is 3.17. The Hall–Kier alpha value is -2.83. The maximum atomic E-state index is 12.3. The van der Waals surface area contributed by atoms with Gasteiger partial charge in [-0.05, 0) is 37.1 Å². The standard InChI is InChI=1S/C20H24N2O5/c1-20(2)26-18(24)16(19(25)27-20)12-21-14-10-8-13(9-11-14)17(23)22-15-6-4-3-5-7-15/h8-12,15,21H,3-7H2,1-2H3,(H,22,23). The van der Waals surface area contributed by atoms with Gasteiger partial charge >= 0.3 is 11.9 Å². The second-order valence-corrected chi connectivity index (χ2v) is 7.27. The minimum Gasteiger partial charge on any atom is -0.419 e. The molecule has 0 radical (unpaired) electrons. The maximum absolute atomic E-state index is 12.3. The molecule has 2 fully saturated rings. The molecule has 1 amide bonds. The van der Waals surface area contributed by atoms with Crippen LogP contribution in [0.4, 0.5) is 5.69 Å². The molecule has 0 atom stereocenters. The van der Waals surface area contributed by atoms with Crippen molar-refractivity contribution in [3.05, 3.63) is 41.6 Å². The molecule has 0 spiro atoms. The highest BCUT2D eigenvalue weighted by Crippen LogP contribution is 2.23. The molecule has 1 aliphatic heterocycles. The Morgan fingerprint density at radius 2 is 1.63 bits per heavy atom. The Kier molecular flexibility index (Phi) is 5.48. The highest BCUT2D eigenvalue weighted by molar-refractivity contribution is 6.15. The van der Waals surface area contributed by atoms with Gasteiger partial charge in [0.1, 0.15) is 0 Å². The second kappa shape index (κ2) is 7.82. The lowest BCUT2D eigenvalue weighted by molar-refractivity contribution is -0.222. The lowest BCUT2D eigenvalue weighted by atomic mass is 9.95. The quantitative estimate of drug-likeness (QED) is 0.480. The number of amides is 1. The van der Waals surface area contributed by atoms with Crippen LogP contribution in [0.2, 0.25) is 0 Å². The molecule has 0 aromatic heterocycles. The van der Waals surface area contributed by atoms with Gasteiger partial charge in [0.2, 0.25) is 0 Å². The molecular formula is C20H24N2O5. The zero-order valence-electron chi connectivity index (χ0n) is 15.5. The van der Waals surface area contributed by atoms with E-state index in [2.05, 4.69) is 10.6 Å². The van der Waals surface area contributed by atoms with Crippen molar-refractivity contribution in [1.29, 1.82) is 0 Å². The Bertz CT molecular complexity index is 739. The molecule has 144 valence electrons. The maximum Gasteiger partial charge on any atom is 0.350 e. The van der Waals surface area contributed by atoms with Gasteiger partial charge in [-0.3, -0.25) is 4.79 Å². The molecule has 1 aromatic rings. The molecule has 0 bridgehead atoms. The van der Waals surface area contributed by atoms with Crippen molar-refractivity contribution in [1.82, 2.24) is 5.32 Å². The van der Waals surface area contributed by atoms with Crippen LogP contribution >= 0.6 is 0 Å². The molecule has 7 heteroatoms. The number of ether oxygens (including phenoxy) is 2. The molecule has 1 aliphatic carbocycles. The number of carbonyl (C=O) groups is 3. The first-order valence-electron chi connectivity index (χ1n) is 9.18. The summed E-state index contributed by atoms with van der Waals surface area (Å²) < 4.78 is 10.0. The van der Waals surface area contributed by atoms with Gasteiger partial charge in [-0.25, -0.2) is 9.59 Å².